The van der Waals surface area contributed by atoms with Gasteiger partial charge in [0.2, 0.25) is 0 Å². The summed E-state index contributed by atoms with van der Waals surface area (Å²) in [6.07, 6.45) is 0.160. The van der Waals surface area contributed by atoms with Crippen molar-refractivity contribution in [3.05, 3.63) is 23.1 Å². The standard InChI is InChI=1S/C14H15NO2S2/c1-8(2)17-9-3-4-10-11(7-9)19-13-12(10)18-6-5-15-14(13)16/h3-4,7-8H,5-6H2,1-2H3,(H,15,16). The predicted octanol–water partition coefficient (Wildman–Crippen LogP) is 3.52. The molecule has 19 heavy (non-hydrogen) atoms. The molecule has 0 fully saturated rings. The third-order valence-electron chi connectivity index (χ3n) is 2.83. The lowest BCUT2D eigenvalue weighted by atomic mass is 10.2. The predicted molar refractivity (Wildman–Crippen MR) is 80.6 cm³/mol. The van der Waals surface area contributed by atoms with Crippen molar-refractivity contribution in [1.29, 1.82) is 0 Å². The molecule has 0 unspecified atom stereocenters. The fraction of sp³-hybridized carbons (Fsp3) is 0.357. The number of ether oxygens (including phenoxy) is 1. The van der Waals surface area contributed by atoms with Crippen LogP contribution in [0.3, 0.4) is 0 Å². The Morgan fingerprint density at radius 2 is 2.21 bits per heavy atom. The van der Waals surface area contributed by atoms with Gasteiger partial charge in [0.1, 0.15) is 10.6 Å². The van der Waals surface area contributed by atoms with Crippen LogP contribution < -0.4 is 10.1 Å². The minimum atomic E-state index is 0.0486. The number of hydrogen-bond acceptors (Lipinski definition) is 4. The summed E-state index contributed by atoms with van der Waals surface area (Å²) in [6, 6.07) is 6.08. The van der Waals surface area contributed by atoms with Gasteiger partial charge in [0.15, 0.2) is 0 Å². The molecule has 1 amide bonds. The number of rotatable bonds is 2. The molecule has 0 atom stereocenters. The monoisotopic (exact) mass is 293 g/mol. The van der Waals surface area contributed by atoms with Crippen LogP contribution in [0.15, 0.2) is 23.1 Å². The van der Waals surface area contributed by atoms with E-state index in [9.17, 15) is 4.79 Å². The van der Waals surface area contributed by atoms with E-state index < -0.39 is 0 Å². The van der Waals surface area contributed by atoms with Crippen LogP contribution in [0.1, 0.15) is 23.5 Å². The number of amides is 1. The highest BCUT2D eigenvalue weighted by Gasteiger charge is 2.21. The van der Waals surface area contributed by atoms with Crippen molar-refractivity contribution in [3.8, 4) is 5.75 Å². The van der Waals surface area contributed by atoms with E-state index in [4.69, 9.17) is 4.74 Å². The summed E-state index contributed by atoms with van der Waals surface area (Å²) in [5, 5.41) is 4.09. The topological polar surface area (TPSA) is 38.3 Å². The Labute approximate surface area is 120 Å². The van der Waals surface area contributed by atoms with Crippen LogP contribution in [0.4, 0.5) is 0 Å². The fourth-order valence-corrected chi connectivity index (χ4v) is 4.46. The van der Waals surface area contributed by atoms with Gasteiger partial charge in [0.05, 0.1) is 6.10 Å². The van der Waals surface area contributed by atoms with Crippen molar-refractivity contribution >= 4 is 39.1 Å². The number of carbonyl (C=O) groups is 1. The van der Waals surface area contributed by atoms with Gasteiger partial charge in [-0.05, 0) is 32.0 Å². The number of hydrogen-bond donors (Lipinski definition) is 1. The molecule has 100 valence electrons. The van der Waals surface area contributed by atoms with Crippen LogP contribution in [0.2, 0.25) is 0 Å². The highest BCUT2D eigenvalue weighted by Crippen LogP contribution is 2.40. The molecular formula is C14H15NO2S2. The zero-order chi connectivity index (χ0) is 13.4. The highest BCUT2D eigenvalue weighted by atomic mass is 32.2. The lowest BCUT2D eigenvalue weighted by molar-refractivity contribution is 0.0959. The van der Waals surface area contributed by atoms with Gasteiger partial charge in [0.25, 0.3) is 5.91 Å². The molecule has 3 nitrogen and oxygen atoms in total. The first-order valence-electron chi connectivity index (χ1n) is 6.29. The van der Waals surface area contributed by atoms with E-state index in [-0.39, 0.29) is 12.0 Å². The third kappa shape index (κ3) is 2.44. The zero-order valence-electron chi connectivity index (χ0n) is 10.9. The summed E-state index contributed by atoms with van der Waals surface area (Å²) in [4.78, 5) is 13.9. The van der Waals surface area contributed by atoms with Gasteiger partial charge >= 0.3 is 0 Å². The highest BCUT2D eigenvalue weighted by molar-refractivity contribution is 7.99. The van der Waals surface area contributed by atoms with E-state index >= 15 is 0 Å². The molecule has 0 saturated carbocycles. The molecule has 0 bridgehead atoms. The van der Waals surface area contributed by atoms with Crippen molar-refractivity contribution in [2.24, 2.45) is 0 Å². The second kappa shape index (κ2) is 5.06. The maximum absolute atomic E-state index is 12.0. The summed E-state index contributed by atoms with van der Waals surface area (Å²) >= 11 is 3.31. The molecule has 0 aliphatic carbocycles. The van der Waals surface area contributed by atoms with Gasteiger partial charge in [-0.2, -0.15) is 0 Å². The summed E-state index contributed by atoms with van der Waals surface area (Å²) < 4.78 is 6.82. The van der Waals surface area contributed by atoms with Crippen molar-refractivity contribution in [2.45, 2.75) is 24.8 Å². The Kier molecular flexibility index (Phi) is 3.41. The Morgan fingerprint density at radius 3 is 3.00 bits per heavy atom. The molecule has 1 aromatic heterocycles. The second-order valence-electron chi connectivity index (χ2n) is 4.69. The number of thiophene rings is 1. The lowest BCUT2D eigenvalue weighted by Crippen LogP contribution is -2.22. The average Bonchev–Trinajstić information content (AvgIpc) is 2.62. The molecule has 3 rings (SSSR count). The maximum Gasteiger partial charge on any atom is 0.262 e. The molecule has 2 aromatic rings. The molecule has 1 aliphatic heterocycles. The zero-order valence-corrected chi connectivity index (χ0v) is 12.5. The van der Waals surface area contributed by atoms with Crippen LogP contribution in [0.5, 0.6) is 5.75 Å². The Balaban J connectivity index is 2.09. The number of nitrogens with one attached hydrogen (secondary N) is 1. The van der Waals surface area contributed by atoms with Gasteiger partial charge in [0, 0.05) is 27.3 Å². The van der Waals surface area contributed by atoms with E-state index in [1.165, 1.54) is 0 Å². The van der Waals surface area contributed by atoms with Gasteiger partial charge < -0.3 is 10.1 Å². The Bertz CT molecular complexity index is 634. The maximum atomic E-state index is 12.0. The Morgan fingerprint density at radius 1 is 1.37 bits per heavy atom. The summed E-state index contributed by atoms with van der Waals surface area (Å²) in [7, 11) is 0. The van der Waals surface area contributed by atoms with Gasteiger partial charge in [-0.25, -0.2) is 0 Å². The minimum Gasteiger partial charge on any atom is -0.491 e. The third-order valence-corrected chi connectivity index (χ3v) is 5.23. The normalized spacial score (nSPS) is 15.2. The van der Waals surface area contributed by atoms with E-state index in [0.717, 1.165) is 37.9 Å². The quantitative estimate of drug-likeness (QED) is 0.920. The van der Waals surface area contributed by atoms with Crippen molar-refractivity contribution in [2.75, 3.05) is 12.3 Å². The van der Waals surface area contributed by atoms with Crippen LogP contribution in [0, 0.1) is 0 Å². The summed E-state index contributed by atoms with van der Waals surface area (Å²) in [6.45, 7) is 4.76. The first-order chi connectivity index (χ1) is 9.15. The molecule has 0 spiro atoms. The smallest absolute Gasteiger partial charge is 0.262 e. The molecule has 1 aliphatic rings. The SMILES string of the molecule is CC(C)Oc1ccc2c3c(sc2c1)C(=O)NCCS3. The number of benzene rings is 1. The molecule has 1 aromatic carbocycles. The van der Waals surface area contributed by atoms with E-state index in [1.54, 1.807) is 23.1 Å². The van der Waals surface area contributed by atoms with Gasteiger partial charge in [-0.3, -0.25) is 4.79 Å². The van der Waals surface area contributed by atoms with Gasteiger partial charge in [-0.15, -0.1) is 23.1 Å². The van der Waals surface area contributed by atoms with Crippen LogP contribution >= 0.6 is 23.1 Å². The van der Waals surface area contributed by atoms with Crippen molar-refractivity contribution < 1.29 is 9.53 Å². The van der Waals surface area contributed by atoms with E-state index in [0.29, 0.717) is 0 Å². The number of thioether (sulfide) groups is 1. The van der Waals surface area contributed by atoms with Crippen LogP contribution in [-0.2, 0) is 0 Å². The van der Waals surface area contributed by atoms with Gasteiger partial charge in [-0.1, -0.05) is 0 Å². The molecule has 0 saturated heterocycles. The summed E-state index contributed by atoms with van der Waals surface area (Å²) in [5.41, 5.74) is 0. The Hall–Kier alpha value is -1.20. The fourth-order valence-electron chi connectivity index (χ4n) is 2.09. The molecule has 1 N–H and O–H groups in total. The minimum absolute atomic E-state index is 0.0486. The van der Waals surface area contributed by atoms with Crippen molar-refractivity contribution in [3.63, 3.8) is 0 Å². The van der Waals surface area contributed by atoms with Crippen molar-refractivity contribution in [1.82, 2.24) is 5.32 Å². The molecule has 5 heteroatoms. The summed E-state index contributed by atoms with van der Waals surface area (Å²) in [5.74, 6) is 1.84. The second-order valence-corrected chi connectivity index (χ2v) is 6.85. The van der Waals surface area contributed by atoms with E-state index in [2.05, 4.69) is 11.4 Å². The van der Waals surface area contributed by atoms with Crippen LogP contribution in [-0.4, -0.2) is 24.3 Å². The average molecular weight is 293 g/mol. The molecule has 2 heterocycles. The number of fused-ring (bicyclic) bond motifs is 3. The molecular weight excluding hydrogens is 278 g/mol. The number of carbonyl (C=O) groups excluding carboxylic acids is 1. The largest absolute Gasteiger partial charge is 0.491 e. The first kappa shape index (κ1) is 12.8. The van der Waals surface area contributed by atoms with E-state index in [1.807, 2.05) is 26.0 Å². The van der Waals surface area contributed by atoms with Crippen LogP contribution in [0.25, 0.3) is 10.1 Å². The lowest BCUT2D eigenvalue weighted by Gasteiger charge is -2.09. The first-order valence-corrected chi connectivity index (χ1v) is 8.09. The molecule has 0 radical (unpaired) electrons.